The van der Waals surface area contributed by atoms with Gasteiger partial charge in [-0.05, 0) is 48.4 Å². The molecule has 184 valence electrons. The topological polar surface area (TPSA) is 104 Å². The largest absolute Gasteiger partial charge is 0.506 e. The number of hydrogen-bond donors (Lipinski definition) is 3. The molecule has 2 aromatic carbocycles. The molecule has 0 aliphatic carbocycles. The average Bonchev–Trinajstić information content (AvgIpc) is 3.30. The van der Waals surface area contributed by atoms with Gasteiger partial charge in [-0.2, -0.15) is 0 Å². The Morgan fingerprint density at radius 3 is 2.56 bits per heavy atom. The van der Waals surface area contributed by atoms with Gasteiger partial charge in [0.1, 0.15) is 23.1 Å². The number of nitrogens with one attached hydrogen (secondary N) is 1. The monoisotopic (exact) mass is 491 g/mol. The van der Waals surface area contributed by atoms with Crippen molar-refractivity contribution in [1.29, 1.82) is 0 Å². The van der Waals surface area contributed by atoms with Crippen molar-refractivity contribution < 1.29 is 23.8 Å². The zero-order chi connectivity index (χ0) is 25.4. The third-order valence-electron chi connectivity index (χ3n) is 6.21. The molecule has 8 nitrogen and oxygen atoms in total. The normalized spacial score (nSPS) is 14.0. The maximum atomic E-state index is 13.4. The van der Waals surface area contributed by atoms with Crippen LogP contribution in [0.4, 0.5) is 20.4 Å². The molecular weight excluding hydrogens is 468 g/mol. The van der Waals surface area contributed by atoms with Gasteiger partial charge in [0.25, 0.3) is 5.91 Å². The van der Waals surface area contributed by atoms with Crippen LogP contribution in [0.15, 0.2) is 60.9 Å². The van der Waals surface area contributed by atoms with Crippen molar-refractivity contribution in [2.75, 3.05) is 18.5 Å². The van der Waals surface area contributed by atoms with Crippen molar-refractivity contribution in [1.82, 2.24) is 19.4 Å². The number of phenolic OH excluding ortho intramolecular Hbond substituents is 1. The van der Waals surface area contributed by atoms with Crippen LogP contribution in [0.5, 0.6) is 5.75 Å². The number of aryl methyl sites for hydroxylation is 1. The quantitative estimate of drug-likeness (QED) is 0.350. The maximum Gasteiger partial charge on any atom is 0.271 e. The smallest absolute Gasteiger partial charge is 0.271 e. The lowest BCUT2D eigenvalue weighted by atomic mass is 10.0. The highest BCUT2D eigenvalue weighted by molar-refractivity contribution is 5.95. The third kappa shape index (κ3) is 4.38. The number of halogens is 2. The number of amides is 1. The van der Waals surface area contributed by atoms with E-state index >= 15 is 0 Å². The predicted molar refractivity (Wildman–Crippen MR) is 129 cm³/mol. The first-order valence-electron chi connectivity index (χ1n) is 11.3. The molecule has 1 aliphatic rings. The minimum atomic E-state index is -0.592. The number of hydrogen-bond acceptors (Lipinski definition) is 6. The number of aromatic hydroxyl groups is 1. The molecule has 0 radical (unpaired) electrons. The fourth-order valence-electron chi connectivity index (χ4n) is 4.36. The number of fused-ring (bicyclic) bond motifs is 1. The van der Waals surface area contributed by atoms with Gasteiger partial charge in [0.15, 0.2) is 0 Å². The Labute approximate surface area is 205 Å². The molecule has 3 heterocycles. The standard InChI is InChI=1S/C26H23F2N5O3/c1-15-12-29-26(30-20-7-6-19(28)11-23(20)35)31-24(15)17-10-21-25(36)33(9-8-32(21)13-17)22(14-34)16-2-4-18(27)5-3-16/h2-7,10-13,22,34-35H,8-9,14H2,1H3,(H,29,30,31)/t22-/m1/s1. The molecule has 1 amide bonds. The molecule has 36 heavy (non-hydrogen) atoms. The molecular formula is C26H23F2N5O3. The first-order valence-corrected chi connectivity index (χ1v) is 11.3. The fourth-order valence-corrected chi connectivity index (χ4v) is 4.36. The zero-order valence-corrected chi connectivity index (χ0v) is 19.3. The summed E-state index contributed by atoms with van der Waals surface area (Å²) in [6, 6.07) is 10.5. The lowest BCUT2D eigenvalue weighted by Crippen LogP contribution is -2.43. The Kier molecular flexibility index (Phi) is 6.11. The number of phenols is 1. The van der Waals surface area contributed by atoms with Crippen molar-refractivity contribution in [2.24, 2.45) is 0 Å². The van der Waals surface area contributed by atoms with E-state index in [0.29, 0.717) is 35.6 Å². The van der Waals surface area contributed by atoms with Gasteiger partial charge in [-0.25, -0.2) is 18.7 Å². The van der Waals surface area contributed by atoms with Crippen molar-refractivity contribution in [3.8, 4) is 17.0 Å². The molecule has 0 fully saturated rings. The van der Waals surface area contributed by atoms with E-state index in [1.165, 1.54) is 24.3 Å². The summed E-state index contributed by atoms with van der Waals surface area (Å²) in [4.78, 5) is 23.8. The van der Waals surface area contributed by atoms with Gasteiger partial charge in [-0.15, -0.1) is 0 Å². The number of carbonyl (C=O) groups excluding carboxylic acids is 1. The second-order valence-electron chi connectivity index (χ2n) is 8.57. The number of anilines is 2. The Hall–Kier alpha value is -4.31. The lowest BCUT2D eigenvalue weighted by Gasteiger charge is -2.34. The molecule has 0 spiro atoms. The summed E-state index contributed by atoms with van der Waals surface area (Å²) in [5.74, 6) is -1.28. The molecule has 0 bridgehead atoms. The number of aliphatic hydroxyl groups is 1. The van der Waals surface area contributed by atoms with Crippen LogP contribution in [0.1, 0.15) is 27.7 Å². The van der Waals surface area contributed by atoms with Gasteiger partial charge in [0.05, 0.1) is 24.0 Å². The van der Waals surface area contributed by atoms with E-state index in [-0.39, 0.29) is 35.7 Å². The minimum absolute atomic E-state index is 0.200. The van der Waals surface area contributed by atoms with Crippen LogP contribution in [0.2, 0.25) is 0 Å². The summed E-state index contributed by atoms with van der Waals surface area (Å²) in [6.45, 7) is 2.44. The van der Waals surface area contributed by atoms with Crippen molar-refractivity contribution in [2.45, 2.75) is 19.5 Å². The van der Waals surface area contributed by atoms with Crippen molar-refractivity contribution >= 4 is 17.5 Å². The second-order valence-corrected chi connectivity index (χ2v) is 8.57. The number of aromatic nitrogens is 3. The Balaban J connectivity index is 1.43. The van der Waals surface area contributed by atoms with Gasteiger partial charge >= 0.3 is 0 Å². The molecule has 10 heteroatoms. The Morgan fingerprint density at radius 2 is 1.83 bits per heavy atom. The summed E-state index contributed by atoms with van der Waals surface area (Å²) in [5.41, 5.74) is 3.42. The maximum absolute atomic E-state index is 13.4. The molecule has 0 unspecified atom stereocenters. The number of nitrogens with zero attached hydrogens (tertiary/aromatic N) is 4. The number of benzene rings is 2. The van der Waals surface area contributed by atoms with Crippen LogP contribution in [0, 0.1) is 18.6 Å². The highest BCUT2D eigenvalue weighted by atomic mass is 19.1. The summed E-state index contributed by atoms with van der Waals surface area (Å²) in [5, 5.41) is 22.9. The molecule has 0 saturated carbocycles. The van der Waals surface area contributed by atoms with E-state index in [1.54, 1.807) is 29.3 Å². The van der Waals surface area contributed by atoms with E-state index < -0.39 is 11.9 Å². The molecule has 1 aliphatic heterocycles. The van der Waals surface area contributed by atoms with Crippen molar-refractivity contribution in [3.63, 3.8) is 0 Å². The number of aliphatic hydroxyl groups excluding tert-OH is 1. The minimum Gasteiger partial charge on any atom is -0.506 e. The number of rotatable bonds is 6. The third-order valence-corrected chi connectivity index (χ3v) is 6.21. The van der Waals surface area contributed by atoms with Crippen LogP contribution < -0.4 is 5.32 Å². The highest BCUT2D eigenvalue weighted by Crippen LogP contribution is 2.31. The van der Waals surface area contributed by atoms with E-state index in [0.717, 1.165) is 11.6 Å². The van der Waals surface area contributed by atoms with Crippen LogP contribution in [0.3, 0.4) is 0 Å². The van der Waals surface area contributed by atoms with E-state index in [2.05, 4.69) is 15.3 Å². The molecule has 3 N–H and O–H groups in total. The van der Waals surface area contributed by atoms with Crippen LogP contribution in [-0.4, -0.2) is 48.7 Å². The zero-order valence-electron chi connectivity index (χ0n) is 19.3. The van der Waals surface area contributed by atoms with E-state index in [1.807, 2.05) is 17.7 Å². The Morgan fingerprint density at radius 1 is 1.08 bits per heavy atom. The van der Waals surface area contributed by atoms with E-state index in [9.17, 15) is 23.8 Å². The van der Waals surface area contributed by atoms with Gasteiger partial charge in [-0.3, -0.25) is 4.79 Å². The lowest BCUT2D eigenvalue weighted by molar-refractivity contribution is 0.0526. The second kappa shape index (κ2) is 9.38. The van der Waals surface area contributed by atoms with Gasteiger partial charge in [-0.1, -0.05) is 12.1 Å². The first kappa shape index (κ1) is 23.4. The van der Waals surface area contributed by atoms with Crippen LogP contribution >= 0.6 is 0 Å². The molecule has 4 aromatic rings. The molecule has 2 aromatic heterocycles. The van der Waals surface area contributed by atoms with Gasteiger partial charge < -0.3 is 25.0 Å². The van der Waals surface area contributed by atoms with Gasteiger partial charge in [0, 0.05) is 37.1 Å². The Bertz CT molecular complexity index is 1440. The average molecular weight is 491 g/mol. The number of carbonyl (C=O) groups is 1. The van der Waals surface area contributed by atoms with Crippen molar-refractivity contribution in [3.05, 3.63) is 89.4 Å². The first-order chi connectivity index (χ1) is 17.3. The van der Waals surface area contributed by atoms with Crippen LogP contribution in [0.25, 0.3) is 11.3 Å². The summed E-state index contributed by atoms with van der Waals surface area (Å²) < 4.78 is 28.5. The molecule has 5 rings (SSSR count). The van der Waals surface area contributed by atoms with E-state index in [4.69, 9.17) is 0 Å². The highest BCUT2D eigenvalue weighted by Gasteiger charge is 2.31. The molecule has 1 atom stereocenters. The summed E-state index contributed by atoms with van der Waals surface area (Å²) >= 11 is 0. The van der Waals surface area contributed by atoms with Crippen LogP contribution in [-0.2, 0) is 6.54 Å². The van der Waals surface area contributed by atoms with Gasteiger partial charge in [0.2, 0.25) is 5.95 Å². The summed E-state index contributed by atoms with van der Waals surface area (Å²) in [6.07, 6.45) is 3.46. The SMILES string of the molecule is Cc1cnc(Nc2ccc(F)cc2O)nc1-c1cc2n(c1)CCN([C@H](CO)c1ccc(F)cc1)C2=O. The summed E-state index contributed by atoms with van der Waals surface area (Å²) in [7, 11) is 0. The molecule has 0 saturated heterocycles. The fraction of sp³-hybridized carbons (Fsp3) is 0.192. The predicted octanol–water partition coefficient (Wildman–Crippen LogP) is 4.17.